The highest BCUT2D eigenvalue weighted by Gasteiger charge is 2.15. The van der Waals surface area contributed by atoms with Gasteiger partial charge in [-0.1, -0.05) is 18.2 Å². The van der Waals surface area contributed by atoms with Gasteiger partial charge < -0.3 is 19.7 Å². The minimum absolute atomic E-state index is 0.708. The van der Waals surface area contributed by atoms with Gasteiger partial charge in [0, 0.05) is 40.4 Å². The number of hydrogen-bond donors (Lipinski definition) is 1. The summed E-state index contributed by atoms with van der Waals surface area (Å²) in [4.78, 5) is 6.59. The Hall–Kier alpha value is -1.75. The minimum Gasteiger partial charge on any atom is -0.494 e. The van der Waals surface area contributed by atoms with Gasteiger partial charge in [-0.15, -0.1) is 0 Å². The van der Waals surface area contributed by atoms with Crippen molar-refractivity contribution in [1.29, 1.82) is 0 Å². The van der Waals surface area contributed by atoms with E-state index in [1.807, 2.05) is 37.4 Å². The summed E-state index contributed by atoms with van der Waals surface area (Å²) in [7, 11) is 3.95. The normalized spacial score (nSPS) is 16.0. The monoisotopic (exact) mass is 333 g/mol. The predicted molar refractivity (Wildman–Crippen MR) is 98.7 cm³/mol. The molecule has 0 radical (unpaired) electrons. The molecule has 134 valence electrons. The molecule has 24 heavy (non-hydrogen) atoms. The Balaban J connectivity index is 1.58. The van der Waals surface area contributed by atoms with Gasteiger partial charge in [0.1, 0.15) is 5.75 Å². The van der Waals surface area contributed by atoms with Gasteiger partial charge in [-0.25, -0.2) is 0 Å². The van der Waals surface area contributed by atoms with E-state index in [-0.39, 0.29) is 0 Å². The summed E-state index contributed by atoms with van der Waals surface area (Å²) in [6.45, 7) is 4.44. The molecule has 0 bridgehead atoms. The number of rotatable bonds is 8. The zero-order valence-corrected chi connectivity index (χ0v) is 15.0. The molecule has 1 saturated heterocycles. The second kappa shape index (κ2) is 10.9. The Bertz CT molecular complexity index is 473. The van der Waals surface area contributed by atoms with Crippen LogP contribution in [0.15, 0.2) is 35.3 Å². The molecule has 0 saturated carbocycles. The molecular weight excluding hydrogens is 302 g/mol. The van der Waals surface area contributed by atoms with Crippen LogP contribution in [-0.4, -0.2) is 57.9 Å². The van der Waals surface area contributed by atoms with E-state index in [0.29, 0.717) is 6.61 Å². The highest BCUT2D eigenvalue weighted by Crippen LogP contribution is 2.18. The van der Waals surface area contributed by atoms with E-state index in [0.717, 1.165) is 50.4 Å². The molecule has 0 aliphatic carbocycles. The van der Waals surface area contributed by atoms with Crippen LogP contribution in [0.25, 0.3) is 0 Å². The Morgan fingerprint density at radius 2 is 2.04 bits per heavy atom. The van der Waals surface area contributed by atoms with Gasteiger partial charge in [0.15, 0.2) is 5.96 Å². The number of nitrogens with one attached hydrogen (secondary N) is 1. The minimum atomic E-state index is 0.708. The van der Waals surface area contributed by atoms with Crippen LogP contribution < -0.4 is 10.1 Å². The average Bonchev–Trinajstić information content (AvgIpc) is 2.64. The lowest BCUT2D eigenvalue weighted by Crippen LogP contribution is -2.40. The first-order valence-electron chi connectivity index (χ1n) is 8.97. The third-order valence-electron chi connectivity index (χ3n) is 4.40. The predicted octanol–water partition coefficient (Wildman–Crippen LogP) is 2.78. The number of hydrogen-bond acceptors (Lipinski definition) is 3. The number of guanidine groups is 1. The van der Waals surface area contributed by atoms with Crippen molar-refractivity contribution in [2.75, 3.05) is 47.0 Å². The first-order valence-corrected chi connectivity index (χ1v) is 8.97. The van der Waals surface area contributed by atoms with Gasteiger partial charge in [0.25, 0.3) is 0 Å². The number of aliphatic imine (C=N–C) groups is 1. The van der Waals surface area contributed by atoms with Gasteiger partial charge in [-0.05, 0) is 43.7 Å². The molecular formula is C19H31N3O2. The van der Waals surface area contributed by atoms with Crippen LogP contribution in [0.1, 0.15) is 25.7 Å². The van der Waals surface area contributed by atoms with Crippen molar-refractivity contribution in [1.82, 2.24) is 10.2 Å². The summed E-state index contributed by atoms with van der Waals surface area (Å²) in [5.74, 6) is 2.68. The molecule has 1 aromatic carbocycles. The van der Waals surface area contributed by atoms with E-state index in [2.05, 4.69) is 22.3 Å². The van der Waals surface area contributed by atoms with E-state index in [1.54, 1.807) is 0 Å². The molecule has 1 aromatic rings. The number of nitrogens with zero attached hydrogens (tertiary/aromatic N) is 2. The van der Waals surface area contributed by atoms with Crippen LogP contribution in [0, 0.1) is 5.92 Å². The average molecular weight is 333 g/mol. The van der Waals surface area contributed by atoms with Crippen molar-refractivity contribution in [3.63, 3.8) is 0 Å². The van der Waals surface area contributed by atoms with Crippen LogP contribution in [0.5, 0.6) is 5.75 Å². The summed E-state index contributed by atoms with van der Waals surface area (Å²) < 4.78 is 11.1. The maximum absolute atomic E-state index is 5.70. The third kappa shape index (κ3) is 6.79. The van der Waals surface area contributed by atoms with E-state index in [9.17, 15) is 0 Å². The lowest BCUT2D eigenvalue weighted by Gasteiger charge is -2.26. The fourth-order valence-electron chi connectivity index (χ4n) is 2.88. The molecule has 0 spiro atoms. The Kier molecular flexibility index (Phi) is 8.46. The molecule has 1 heterocycles. The topological polar surface area (TPSA) is 46.1 Å². The second-order valence-electron chi connectivity index (χ2n) is 6.26. The molecule has 5 nitrogen and oxygen atoms in total. The van der Waals surface area contributed by atoms with E-state index in [4.69, 9.17) is 9.47 Å². The first kappa shape index (κ1) is 18.6. The van der Waals surface area contributed by atoms with E-state index < -0.39 is 0 Å². The lowest BCUT2D eigenvalue weighted by molar-refractivity contribution is 0.0625. The van der Waals surface area contributed by atoms with Crippen molar-refractivity contribution in [2.45, 2.75) is 25.7 Å². The summed E-state index contributed by atoms with van der Waals surface area (Å²) in [6.07, 6.45) is 4.53. The highest BCUT2D eigenvalue weighted by molar-refractivity contribution is 5.79. The number of benzene rings is 1. The van der Waals surface area contributed by atoms with Crippen molar-refractivity contribution in [3.8, 4) is 5.75 Å². The molecule has 1 N–H and O–H groups in total. The zero-order chi connectivity index (χ0) is 17.0. The Morgan fingerprint density at radius 3 is 2.75 bits per heavy atom. The fraction of sp³-hybridized carbons (Fsp3) is 0.632. The second-order valence-corrected chi connectivity index (χ2v) is 6.26. The lowest BCUT2D eigenvalue weighted by atomic mass is 9.96. The van der Waals surface area contributed by atoms with Crippen molar-refractivity contribution in [3.05, 3.63) is 30.3 Å². The maximum Gasteiger partial charge on any atom is 0.193 e. The van der Waals surface area contributed by atoms with Gasteiger partial charge >= 0.3 is 0 Å². The van der Waals surface area contributed by atoms with Crippen molar-refractivity contribution < 1.29 is 9.47 Å². The van der Waals surface area contributed by atoms with Gasteiger partial charge in [0.05, 0.1) is 6.61 Å². The third-order valence-corrected chi connectivity index (χ3v) is 4.40. The Labute approximate surface area is 146 Å². The summed E-state index contributed by atoms with van der Waals surface area (Å²) in [5, 5.41) is 3.41. The molecule has 1 aliphatic rings. The molecule has 2 rings (SSSR count). The largest absolute Gasteiger partial charge is 0.494 e. The summed E-state index contributed by atoms with van der Waals surface area (Å²) >= 11 is 0. The van der Waals surface area contributed by atoms with Crippen LogP contribution in [0.4, 0.5) is 0 Å². The van der Waals surface area contributed by atoms with Crippen molar-refractivity contribution in [2.24, 2.45) is 10.9 Å². The highest BCUT2D eigenvalue weighted by atomic mass is 16.5. The van der Waals surface area contributed by atoms with Gasteiger partial charge in [-0.3, -0.25) is 4.99 Å². The fourth-order valence-corrected chi connectivity index (χ4v) is 2.88. The molecule has 0 unspecified atom stereocenters. The molecule has 0 aromatic heterocycles. The summed E-state index contributed by atoms with van der Waals surface area (Å²) in [5.41, 5.74) is 0. The van der Waals surface area contributed by atoms with Crippen LogP contribution in [0.3, 0.4) is 0 Å². The SMILES string of the molecule is CN=C(NCCCOc1ccccc1)N(C)CCC1CCOCC1. The molecule has 1 fully saturated rings. The smallest absolute Gasteiger partial charge is 0.193 e. The van der Waals surface area contributed by atoms with Gasteiger partial charge in [-0.2, -0.15) is 0 Å². The standard InChI is InChI=1S/C19H31N3O2/c1-20-19(22(2)13-9-17-10-15-23-16-11-17)21-12-6-14-24-18-7-4-3-5-8-18/h3-5,7-8,17H,6,9-16H2,1-2H3,(H,20,21). The molecule has 0 amide bonds. The van der Waals surface area contributed by atoms with Crippen LogP contribution in [-0.2, 0) is 4.74 Å². The quantitative estimate of drug-likeness (QED) is 0.451. The van der Waals surface area contributed by atoms with E-state index in [1.165, 1.54) is 19.3 Å². The first-order chi connectivity index (χ1) is 11.8. The van der Waals surface area contributed by atoms with E-state index >= 15 is 0 Å². The summed E-state index contributed by atoms with van der Waals surface area (Å²) in [6, 6.07) is 9.94. The van der Waals surface area contributed by atoms with Crippen LogP contribution in [0.2, 0.25) is 0 Å². The van der Waals surface area contributed by atoms with Crippen molar-refractivity contribution >= 4 is 5.96 Å². The Morgan fingerprint density at radius 1 is 1.29 bits per heavy atom. The van der Waals surface area contributed by atoms with Crippen LogP contribution >= 0.6 is 0 Å². The zero-order valence-electron chi connectivity index (χ0n) is 15.0. The molecule has 1 aliphatic heterocycles. The maximum atomic E-state index is 5.70. The molecule has 5 heteroatoms. The number of ether oxygens (including phenoxy) is 2. The molecule has 0 atom stereocenters. The van der Waals surface area contributed by atoms with Gasteiger partial charge in [0.2, 0.25) is 0 Å². The number of para-hydroxylation sites is 1.